The standard InChI is InChI=1S/C16H13F3N4O4/c17-16(18,19)27-11-2-1-9-5-13(15(20)26)23(12(9)6-11)10-7-21-22(8-10)4-3-14(24)25/h1-2,5-8H,3-4H2,(H2,20,26)(H,24,25). The number of rotatable bonds is 6. The normalized spacial score (nSPS) is 11.7. The van der Waals surface area contributed by atoms with Gasteiger partial charge in [-0.1, -0.05) is 0 Å². The van der Waals surface area contributed by atoms with E-state index in [1.807, 2.05) is 0 Å². The molecule has 8 nitrogen and oxygen atoms in total. The Balaban J connectivity index is 2.09. The Morgan fingerprint density at radius 2 is 2.00 bits per heavy atom. The highest BCUT2D eigenvalue weighted by Gasteiger charge is 2.31. The van der Waals surface area contributed by atoms with Gasteiger partial charge in [-0.2, -0.15) is 5.10 Å². The Bertz CT molecular complexity index is 1020. The van der Waals surface area contributed by atoms with Crippen LogP contribution in [0.4, 0.5) is 13.2 Å². The first-order valence-corrected chi connectivity index (χ1v) is 7.60. The second-order valence-electron chi connectivity index (χ2n) is 5.60. The van der Waals surface area contributed by atoms with Crippen LogP contribution < -0.4 is 10.5 Å². The number of benzene rings is 1. The van der Waals surface area contributed by atoms with Crippen LogP contribution in [0.1, 0.15) is 16.9 Å². The number of hydrogen-bond donors (Lipinski definition) is 2. The molecule has 2 aromatic heterocycles. The maximum atomic E-state index is 12.5. The molecule has 2 heterocycles. The van der Waals surface area contributed by atoms with Gasteiger partial charge in [-0.05, 0) is 18.2 Å². The molecule has 3 rings (SSSR count). The van der Waals surface area contributed by atoms with Crippen molar-refractivity contribution in [2.45, 2.75) is 19.3 Å². The third-order valence-electron chi connectivity index (χ3n) is 3.69. The van der Waals surface area contributed by atoms with Crippen molar-refractivity contribution in [2.75, 3.05) is 0 Å². The second kappa shape index (κ2) is 6.67. The molecule has 0 aliphatic heterocycles. The van der Waals surface area contributed by atoms with Gasteiger partial charge in [0.1, 0.15) is 11.4 Å². The van der Waals surface area contributed by atoms with Gasteiger partial charge in [0.25, 0.3) is 5.91 Å². The molecule has 0 radical (unpaired) electrons. The Morgan fingerprint density at radius 3 is 2.63 bits per heavy atom. The first kappa shape index (κ1) is 18.3. The second-order valence-corrected chi connectivity index (χ2v) is 5.60. The minimum Gasteiger partial charge on any atom is -0.481 e. The van der Waals surface area contributed by atoms with Crippen molar-refractivity contribution in [3.8, 4) is 11.4 Å². The lowest BCUT2D eigenvalue weighted by molar-refractivity contribution is -0.274. The minimum absolute atomic E-state index is 0.0342. The van der Waals surface area contributed by atoms with Gasteiger partial charge in [0.15, 0.2) is 0 Å². The first-order chi connectivity index (χ1) is 12.6. The number of hydrogen-bond acceptors (Lipinski definition) is 4. The predicted molar refractivity (Wildman–Crippen MR) is 86.5 cm³/mol. The lowest BCUT2D eigenvalue weighted by atomic mass is 10.2. The predicted octanol–water partition coefficient (Wildman–Crippen LogP) is 2.30. The van der Waals surface area contributed by atoms with Crippen LogP contribution in [0, 0.1) is 0 Å². The van der Waals surface area contributed by atoms with E-state index in [2.05, 4.69) is 9.84 Å². The quantitative estimate of drug-likeness (QED) is 0.679. The Labute approximate surface area is 149 Å². The van der Waals surface area contributed by atoms with Crippen molar-refractivity contribution in [3.63, 3.8) is 0 Å². The molecule has 1 amide bonds. The van der Waals surface area contributed by atoms with Crippen LogP contribution >= 0.6 is 0 Å². The van der Waals surface area contributed by atoms with E-state index in [4.69, 9.17) is 10.8 Å². The van der Waals surface area contributed by atoms with E-state index in [1.54, 1.807) is 0 Å². The van der Waals surface area contributed by atoms with Gasteiger partial charge in [0.05, 0.1) is 30.4 Å². The molecule has 0 atom stereocenters. The summed E-state index contributed by atoms with van der Waals surface area (Å²) in [7, 11) is 0. The largest absolute Gasteiger partial charge is 0.573 e. The third-order valence-corrected chi connectivity index (χ3v) is 3.69. The van der Waals surface area contributed by atoms with Crippen molar-refractivity contribution in [1.82, 2.24) is 14.3 Å². The number of primary amides is 1. The molecular formula is C16H13F3N4O4. The molecule has 1 aromatic carbocycles. The number of carbonyl (C=O) groups excluding carboxylic acids is 1. The number of carboxylic acid groups (broad SMARTS) is 1. The van der Waals surface area contributed by atoms with Crippen LogP contribution in [-0.4, -0.2) is 37.7 Å². The molecule has 0 saturated carbocycles. The smallest absolute Gasteiger partial charge is 0.481 e. The van der Waals surface area contributed by atoms with Crippen LogP contribution in [0.15, 0.2) is 36.7 Å². The molecule has 11 heteroatoms. The van der Waals surface area contributed by atoms with E-state index >= 15 is 0 Å². The molecule has 0 fully saturated rings. The number of aryl methyl sites for hydroxylation is 1. The zero-order valence-corrected chi connectivity index (χ0v) is 13.6. The summed E-state index contributed by atoms with van der Waals surface area (Å²) in [4.78, 5) is 22.5. The number of nitrogens with two attached hydrogens (primary N) is 1. The van der Waals surface area contributed by atoms with Gasteiger partial charge < -0.3 is 20.1 Å². The summed E-state index contributed by atoms with van der Waals surface area (Å²) >= 11 is 0. The fraction of sp³-hybridized carbons (Fsp3) is 0.188. The van der Waals surface area contributed by atoms with Crippen LogP contribution in [0.25, 0.3) is 16.6 Å². The molecule has 0 saturated heterocycles. The van der Waals surface area contributed by atoms with Crippen LogP contribution in [-0.2, 0) is 11.3 Å². The van der Waals surface area contributed by atoms with E-state index in [0.29, 0.717) is 11.1 Å². The number of alkyl halides is 3. The van der Waals surface area contributed by atoms with Gasteiger partial charge in [-0.3, -0.25) is 14.3 Å². The van der Waals surface area contributed by atoms with Gasteiger partial charge >= 0.3 is 12.3 Å². The molecule has 3 aromatic rings. The summed E-state index contributed by atoms with van der Waals surface area (Å²) < 4.78 is 44.1. The fourth-order valence-electron chi connectivity index (χ4n) is 2.64. The number of aliphatic carboxylic acids is 1. The number of carbonyl (C=O) groups is 2. The van der Waals surface area contributed by atoms with Crippen LogP contribution in [0.3, 0.4) is 0 Å². The maximum Gasteiger partial charge on any atom is 0.573 e. The highest BCUT2D eigenvalue weighted by molar-refractivity contribution is 5.99. The zero-order chi connectivity index (χ0) is 19.8. The Hall–Kier alpha value is -3.50. The summed E-state index contributed by atoms with van der Waals surface area (Å²) in [5.41, 5.74) is 6.01. The van der Waals surface area contributed by atoms with E-state index < -0.39 is 24.0 Å². The highest BCUT2D eigenvalue weighted by atomic mass is 19.4. The summed E-state index contributed by atoms with van der Waals surface area (Å²) in [5.74, 6) is -2.25. The number of nitrogens with zero attached hydrogens (tertiary/aromatic N) is 3. The van der Waals surface area contributed by atoms with Gasteiger partial charge in [0.2, 0.25) is 0 Å². The number of halogens is 3. The van der Waals surface area contributed by atoms with Crippen molar-refractivity contribution in [1.29, 1.82) is 0 Å². The molecule has 0 aliphatic rings. The van der Waals surface area contributed by atoms with Gasteiger partial charge in [-0.25, -0.2) is 0 Å². The number of amides is 1. The minimum atomic E-state index is -4.86. The zero-order valence-electron chi connectivity index (χ0n) is 13.6. The number of aromatic nitrogens is 3. The number of ether oxygens (including phenoxy) is 1. The highest BCUT2D eigenvalue weighted by Crippen LogP contribution is 2.30. The van der Waals surface area contributed by atoms with E-state index in [-0.39, 0.29) is 24.2 Å². The van der Waals surface area contributed by atoms with Crippen molar-refractivity contribution in [3.05, 3.63) is 42.4 Å². The number of carboxylic acids is 1. The van der Waals surface area contributed by atoms with E-state index in [9.17, 15) is 22.8 Å². The average molecular weight is 382 g/mol. The fourth-order valence-corrected chi connectivity index (χ4v) is 2.64. The number of fused-ring (bicyclic) bond motifs is 1. The van der Waals surface area contributed by atoms with Crippen LogP contribution in [0.5, 0.6) is 5.75 Å². The average Bonchev–Trinajstić information content (AvgIpc) is 3.14. The molecular weight excluding hydrogens is 369 g/mol. The molecule has 0 spiro atoms. The van der Waals surface area contributed by atoms with Crippen molar-refractivity contribution in [2.24, 2.45) is 5.73 Å². The van der Waals surface area contributed by atoms with Crippen molar-refractivity contribution < 1.29 is 32.6 Å². The first-order valence-electron chi connectivity index (χ1n) is 7.60. The molecule has 0 bridgehead atoms. The molecule has 0 aliphatic carbocycles. The Kier molecular flexibility index (Phi) is 4.52. The lowest BCUT2D eigenvalue weighted by Gasteiger charge is -2.10. The maximum absolute atomic E-state index is 12.5. The molecule has 3 N–H and O–H groups in total. The Morgan fingerprint density at radius 1 is 1.26 bits per heavy atom. The monoisotopic (exact) mass is 382 g/mol. The molecule has 0 unspecified atom stereocenters. The van der Waals surface area contributed by atoms with E-state index in [0.717, 1.165) is 12.1 Å². The van der Waals surface area contributed by atoms with Gasteiger partial charge in [-0.15, -0.1) is 13.2 Å². The SMILES string of the molecule is NC(=O)c1cc2ccc(OC(F)(F)F)cc2n1-c1cnn(CCC(=O)O)c1. The summed E-state index contributed by atoms with van der Waals surface area (Å²) in [6.07, 6.45) is -2.21. The van der Waals surface area contributed by atoms with Crippen molar-refractivity contribution >= 4 is 22.8 Å². The summed E-state index contributed by atoms with van der Waals surface area (Å²) in [6, 6.07) is 5.06. The summed E-state index contributed by atoms with van der Waals surface area (Å²) in [5, 5.41) is 13.2. The lowest BCUT2D eigenvalue weighted by Crippen LogP contribution is -2.17. The summed E-state index contributed by atoms with van der Waals surface area (Å²) in [6.45, 7) is 0.0862. The third kappa shape index (κ3) is 4.02. The van der Waals surface area contributed by atoms with Gasteiger partial charge in [0, 0.05) is 17.6 Å². The molecule has 27 heavy (non-hydrogen) atoms. The van der Waals surface area contributed by atoms with Crippen LogP contribution in [0.2, 0.25) is 0 Å². The molecule has 142 valence electrons. The van der Waals surface area contributed by atoms with E-state index in [1.165, 1.54) is 33.8 Å². The topological polar surface area (TPSA) is 112 Å².